The Bertz CT molecular complexity index is 807. The van der Waals surface area contributed by atoms with Crippen LogP contribution in [0.4, 0.5) is 8.78 Å². The molecule has 25 heavy (non-hydrogen) atoms. The molecule has 0 heterocycles. The lowest BCUT2D eigenvalue weighted by atomic mass is 10.2. The van der Waals surface area contributed by atoms with E-state index < -0.39 is 29.1 Å². The number of aromatic carboxylic acids is 1. The van der Waals surface area contributed by atoms with Crippen molar-refractivity contribution in [2.24, 2.45) is 0 Å². The number of hydrogen-bond acceptors (Lipinski definition) is 3. The molecule has 0 fully saturated rings. The topological polar surface area (TPSA) is 63.6 Å². The number of carbonyl (C=O) groups is 2. The molecule has 0 aliphatic rings. The van der Waals surface area contributed by atoms with E-state index in [9.17, 15) is 18.4 Å². The summed E-state index contributed by atoms with van der Waals surface area (Å²) in [6.07, 6.45) is 0. The van der Waals surface area contributed by atoms with Crippen LogP contribution in [0.5, 0.6) is 0 Å². The van der Waals surface area contributed by atoms with Crippen molar-refractivity contribution < 1.29 is 36.8 Å². The molecule has 0 bridgehead atoms. The maximum atomic E-state index is 13.1. The monoisotopic (exact) mass is 530 g/mol. The molecule has 0 saturated heterocycles. The van der Waals surface area contributed by atoms with Gasteiger partial charge in [0.25, 0.3) is 0 Å². The second-order valence-electron chi connectivity index (χ2n) is 4.29. The highest BCUT2D eigenvalue weighted by Gasteiger charge is 2.17. The summed E-state index contributed by atoms with van der Waals surface area (Å²) in [4.78, 5) is 21.4. The van der Waals surface area contributed by atoms with Crippen molar-refractivity contribution in [3.8, 4) is 0 Å². The molecule has 146 valence electrons. The predicted molar refractivity (Wildman–Crippen MR) is 109 cm³/mol. The molecular formula is C15H20Br2Cl2F2O4. The summed E-state index contributed by atoms with van der Waals surface area (Å²) in [6.45, 7) is 0. The number of carbonyl (C=O) groups excluding carboxylic acids is 1. The number of carboxylic acid groups (broad SMARTS) is 1. The van der Waals surface area contributed by atoms with Crippen molar-refractivity contribution in [2.45, 2.75) is 0 Å². The average molecular weight is 533 g/mol. The van der Waals surface area contributed by atoms with Crippen LogP contribution in [-0.2, 0) is 4.74 Å². The first-order valence-corrected chi connectivity index (χ1v) is 8.53. The fourth-order valence-corrected chi connectivity index (χ4v) is 3.28. The van der Waals surface area contributed by atoms with Crippen LogP contribution in [0.2, 0.25) is 10.0 Å². The third-order valence-corrected chi connectivity index (χ3v) is 4.13. The van der Waals surface area contributed by atoms with Crippen molar-refractivity contribution in [1.29, 1.82) is 0 Å². The minimum atomic E-state index is -1.37. The highest BCUT2D eigenvalue weighted by atomic mass is 79.9. The Morgan fingerprint density at radius 3 is 1.72 bits per heavy atom. The van der Waals surface area contributed by atoms with Crippen molar-refractivity contribution >= 4 is 67.0 Å². The SMILES string of the molecule is COC(=O)c1c(F)cc(Br)cc1Cl.O=C(O)c1c(F)cc(Br)cc1Cl.[HH].[HH].[HH].[HH].[HH].[HH]. The number of esters is 1. The summed E-state index contributed by atoms with van der Waals surface area (Å²) in [6, 6.07) is 4.96. The fourth-order valence-electron chi connectivity index (χ4n) is 1.59. The molecule has 0 radical (unpaired) electrons. The van der Waals surface area contributed by atoms with Gasteiger partial charge in [-0.25, -0.2) is 18.4 Å². The van der Waals surface area contributed by atoms with Gasteiger partial charge in [0.05, 0.1) is 17.2 Å². The third-order valence-electron chi connectivity index (χ3n) is 2.62. The lowest BCUT2D eigenvalue weighted by Gasteiger charge is -2.03. The molecule has 0 aromatic heterocycles. The van der Waals surface area contributed by atoms with E-state index in [-0.39, 0.29) is 24.2 Å². The van der Waals surface area contributed by atoms with Crippen molar-refractivity contribution in [3.63, 3.8) is 0 Å². The molecule has 0 amide bonds. The first-order chi connectivity index (χ1) is 11.6. The summed E-state index contributed by atoms with van der Waals surface area (Å²) < 4.78 is 31.2. The number of halogens is 6. The van der Waals surface area contributed by atoms with Gasteiger partial charge in [-0.3, -0.25) is 0 Å². The molecular weight excluding hydrogens is 513 g/mol. The second-order valence-corrected chi connectivity index (χ2v) is 6.93. The standard InChI is InChI=1S/C8H5BrClFO2.C7H3BrClFO2.6H2/c1-13-8(12)7-5(10)2-4(9)3-6(7)11;8-3-1-4(9)6(7(11)12)5(10)2-3;;;;;;/h2-3H,1H3;1-2H,(H,11,12);6*1H. The van der Waals surface area contributed by atoms with Crippen LogP contribution in [0.15, 0.2) is 33.2 Å². The fraction of sp³-hybridized carbons (Fsp3) is 0.0667. The Labute approximate surface area is 176 Å². The van der Waals surface area contributed by atoms with Crippen molar-refractivity contribution in [3.05, 3.63) is 66.0 Å². The number of carboxylic acids is 1. The Balaban J connectivity index is -0.0000000846. The number of benzene rings is 2. The minimum absolute atomic E-state index is 0. The minimum Gasteiger partial charge on any atom is -0.478 e. The molecule has 0 aliphatic heterocycles. The van der Waals surface area contributed by atoms with Gasteiger partial charge in [0.1, 0.15) is 22.8 Å². The molecule has 0 spiro atoms. The van der Waals surface area contributed by atoms with Crippen LogP contribution in [0, 0.1) is 11.6 Å². The molecule has 0 unspecified atom stereocenters. The van der Waals surface area contributed by atoms with Gasteiger partial charge in [0.15, 0.2) is 0 Å². The smallest absolute Gasteiger partial charge is 0.342 e. The van der Waals surface area contributed by atoms with Crippen LogP contribution in [0.3, 0.4) is 0 Å². The molecule has 2 aromatic carbocycles. The highest BCUT2D eigenvalue weighted by Crippen LogP contribution is 2.25. The van der Waals surface area contributed by atoms with E-state index in [4.69, 9.17) is 28.3 Å². The van der Waals surface area contributed by atoms with Gasteiger partial charge in [0, 0.05) is 17.5 Å². The third kappa shape index (κ3) is 5.91. The largest absolute Gasteiger partial charge is 0.478 e. The van der Waals surface area contributed by atoms with Crippen LogP contribution in [-0.4, -0.2) is 24.2 Å². The molecule has 0 saturated carbocycles. The number of ether oxygens (including phenoxy) is 1. The highest BCUT2D eigenvalue weighted by molar-refractivity contribution is 9.10. The van der Waals surface area contributed by atoms with Crippen LogP contribution in [0.25, 0.3) is 0 Å². The second kappa shape index (κ2) is 9.47. The quantitative estimate of drug-likeness (QED) is 0.408. The molecule has 0 atom stereocenters. The first-order valence-electron chi connectivity index (χ1n) is 6.19. The number of rotatable bonds is 2. The summed E-state index contributed by atoms with van der Waals surface area (Å²) in [5.41, 5.74) is -0.743. The van der Waals surface area contributed by atoms with Crippen LogP contribution >= 0.6 is 55.1 Å². The predicted octanol–water partition coefficient (Wildman–Crippen LogP) is 7.44. The summed E-state index contributed by atoms with van der Waals surface area (Å²) in [5, 5.41) is 8.41. The molecule has 10 heteroatoms. The van der Waals surface area contributed by atoms with Gasteiger partial charge in [0.2, 0.25) is 0 Å². The van der Waals surface area contributed by atoms with E-state index in [0.717, 1.165) is 12.1 Å². The van der Waals surface area contributed by atoms with Gasteiger partial charge in [-0.05, 0) is 24.3 Å². The van der Waals surface area contributed by atoms with Crippen LogP contribution in [0.1, 0.15) is 29.3 Å². The Morgan fingerprint density at radius 1 is 1.00 bits per heavy atom. The maximum Gasteiger partial charge on any atom is 0.342 e. The summed E-state index contributed by atoms with van der Waals surface area (Å²) in [7, 11) is 1.17. The summed E-state index contributed by atoms with van der Waals surface area (Å²) in [5.74, 6) is -3.70. The zero-order chi connectivity index (χ0) is 19.3. The number of hydrogen-bond donors (Lipinski definition) is 1. The van der Waals surface area contributed by atoms with Gasteiger partial charge in [-0.1, -0.05) is 55.1 Å². The molecule has 2 rings (SSSR count). The van der Waals surface area contributed by atoms with E-state index in [1.54, 1.807) is 0 Å². The van der Waals surface area contributed by atoms with Crippen molar-refractivity contribution in [1.82, 2.24) is 0 Å². The van der Waals surface area contributed by atoms with Gasteiger partial charge in [-0.15, -0.1) is 0 Å². The normalized spacial score (nSPS) is 9.88. The van der Waals surface area contributed by atoms with E-state index in [2.05, 4.69) is 36.6 Å². The Morgan fingerprint density at radius 2 is 1.40 bits per heavy atom. The van der Waals surface area contributed by atoms with Gasteiger partial charge < -0.3 is 9.84 Å². The molecule has 0 aliphatic carbocycles. The van der Waals surface area contributed by atoms with E-state index >= 15 is 0 Å². The molecule has 1 N–H and O–H groups in total. The Kier molecular flexibility index (Phi) is 8.27. The zero-order valence-corrected chi connectivity index (χ0v) is 16.9. The van der Waals surface area contributed by atoms with Crippen LogP contribution < -0.4 is 0 Å². The lowest BCUT2D eigenvalue weighted by molar-refractivity contribution is 0.0594. The lowest BCUT2D eigenvalue weighted by Crippen LogP contribution is -2.05. The van der Waals surface area contributed by atoms with E-state index in [0.29, 0.717) is 8.95 Å². The maximum absolute atomic E-state index is 13.1. The molecule has 2 aromatic rings. The van der Waals surface area contributed by atoms with E-state index in [1.165, 1.54) is 19.2 Å². The van der Waals surface area contributed by atoms with Gasteiger partial charge in [-0.2, -0.15) is 0 Å². The van der Waals surface area contributed by atoms with Crippen molar-refractivity contribution in [2.75, 3.05) is 7.11 Å². The molecule has 4 nitrogen and oxygen atoms in total. The Hall–Kier alpha value is -1.22. The number of methoxy groups -OCH3 is 1. The average Bonchev–Trinajstić information content (AvgIpc) is 2.44. The summed E-state index contributed by atoms with van der Waals surface area (Å²) >= 11 is 17.1. The zero-order valence-electron chi connectivity index (χ0n) is 12.2. The van der Waals surface area contributed by atoms with Gasteiger partial charge >= 0.3 is 11.9 Å². The van der Waals surface area contributed by atoms with E-state index in [1.807, 2.05) is 0 Å². The first kappa shape index (κ1) is 21.8.